The molecule has 1 amide bonds. The molecule has 1 aromatic carbocycles. The quantitative estimate of drug-likeness (QED) is 0.886. The topological polar surface area (TPSA) is 32.3 Å². The minimum atomic E-state index is 0. The fourth-order valence-corrected chi connectivity index (χ4v) is 3.48. The van der Waals surface area contributed by atoms with Crippen LogP contribution in [0.4, 0.5) is 0 Å². The molecule has 0 aromatic heterocycles. The van der Waals surface area contributed by atoms with Gasteiger partial charge in [-0.2, -0.15) is 11.8 Å². The third-order valence-electron chi connectivity index (χ3n) is 3.42. The van der Waals surface area contributed by atoms with Gasteiger partial charge in [-0.15, -0.1) is 12.4 Å². The maximum absolute atomic E-state index is 12.4. The third kappa shape index (κ3) is 6.07. The van der Waals surface area contributed by atoms with E-state index >= 15 is 0 Å². The number of benzene rings is 1. The van der Waals surface area contributed by atoms with Crippen LogP contribution in [0.15, 0.2) is 24.3 Å². The second-order valence-corrected chi connectivity index (χ2v) is 6.55. The highest BCUT2D eigenvalue weighted by atomic mass is 35.5. The highest BCUT2D eigenvalue weighted by Gasteiger charge is 2.20. The molecule has 1 saturated heterocycles. The van der Waals surface area contributed by atoms with E-state index < -0.39 is 0 Å². The molecule has 1 atom stereocenters. The van der Waals surface area contributed by atoms with E-state index in [0.29, 0.717) is 19.0 Å². The third-order valence-corrected chi connectivity index (χ3v) is 4.78. The van der Waals surface area contributed by atoms with Gasteiger partial charge < -0.3 is 10.2 Å². The first kappa shape index (κ1) is 18.6. The first-order chi connectivity index (χ1) is 9.69. The van der Waals surface area contributed by atoms with Crippen molar-refractivity contribution in [3.05, 3.63) is 34.9 Å². The van der Waals surface area contributed by atoms with E-state index in [2.05, 4.69) is 5.32 Å². The molecule has 1 fully saturated rings. The molecule has 0 saturated carbocycles. The zero-order chi connectivity index (χ0) is 14.4. The van der Waals surface area contributed by atoms with E-state index in [4.69, 9.17) is 11.6 Å². The van der Waals surface area contributed by atoms with Gasteiger partial charge in [-0.25, -0.2) is 0 Å². The molecular weight excluding hydrogens is 327 g/mol. The molecule has 0 aliphatic carbocycles. The summed E-state index contributed by atoms with van der Waals surface area (Å²) in [7, 11) is 0. The summed E-state index contributed by atoms with van der Waals surface area (Å²) >= 11 is 7.91. The van der Waals surface area contributed by atoms with E-state index in [-0.39, 0.29) is 18.3 Å². The zero-order valence-corrected chi connectivity index (χ0v) is 14.6. The van der Waals surface area contributed by atoms with Crippen LogP contribution in [0.25, 0.3) is 0 Å². The highest BCUT2D eigenvalue weighted by molar-refractivity contribution is 7.99. The van der Waals surface area contributed by atoms with Gasteiger partial charge in [0.25, 0.3) is 0 Å². The summed E-state index contributed by atoms with van der Waals surface area (Å²) in [5.41, 5.74) is 1.08. The number of rotatable bonds is 5. The van der Waals surface area contributed by atoms with Crippen LogP contribution in [-0.4, -0.2) is 41.4 Å². The van der Waals surface area contributed by atoms with Crippen molar-refractivity contribution < 1.29 is 4.79 Å². The molecule has 6 heteroatoms. The van der Waals surface area contributed by atoms with Crippen molar-refractivity contribution in [3.63, 3.8) is 0 Å². The smallest absolute Gasteiger partial charge is 0.224 e. The van der Waals surface area contributed by atoms with Gasteiger partial charge in [0.05, 0.1) is 0 Å². The Balaban J connectivity index is 0.00000220. The molecule has 2 rings (SSSR count). The summed E-state index contributed by atoms with van der Waals surface area (Å²) in [5.74, 6) is 2.39. The molecule has 1 heterocycles. The van der Waals surface area contributed by atoms with E-state index in [1.54, 1.807) is 0 Å². The van der Waals surface area contributed by atoms with Gasteiger partial charge in [-0.3, -0.25) is 4.79 Å². The molecular formula is C15H22Cl2N2OS. The van der Waals surface area contributed by atoms with Crippen LogP contribution in [0, 0.1) is 0 Å². The van der Waals surface area contributed by atoms with E-state index in [0.717, 1.165) is 35.2 Å². The van der Waals surface area contributed by atoms with E-state index in [1.165, 1.54) is 0 Å². The maximum Gasteiger partial charge on any atom is 0.224 e. The number of thioether (sulfide) groups is 1. The molecule has 1 aliphatic rings. The Morgan fingerprint density at radius 3 is 2.95 bits per heavy atom. The Bertz CT molecular complexity index is 453. The number of amides is 1. The molecule has 1 N–H and O–H groups in total. The van der Waals surface area contributed by atoms with Crippen molar-refractivity contribution >= 4 is 41.7 Å². The van der Waals surface area contributed by atoms with Gasteiger partial charge >= 0.3 is 0 Å². The fourth-order valence-electron chi connectivity index (χ4n) is 2.32. The molecule has 0 radical (unpaired) electrons. The lowest BCUT2D eigenvalue weighted by Gasteiger charge is -2.27. The Morgan fingerprint density at radius 1 is 1.52 bits per heavy atom. The number of carbonyl (C=O) groups excluding carboxylic acids is 1. The monoisotopic (exact) mass is 348 g/mol. The predicted octanol–water partition coefficient (Wildman–Crippen LogP) is 3.21. The Morgan fingerprint density at radius 2 is 2.33 bits per heavy atom. The Kier molecular flexibility index (Phi) is 8.49. The summed E-state index contributed by atoms with van der Waals surface area (Å²) in [6.45, 7) is 4.38. The summed E-state index contributed by atoms with van der Waals surface area (Å²) < 4.78 is 0. The summed E-state index contributed by atoms with van der Waals surface area (Å²) in [6, 6.07) is 8.03. The van der Waals surface area contributed by atoms with Crippen LogP contribution in [0.5, 0.6) is 0 Å². The van der Waals surface area contributed by atoms with Crippen molar-refractivity contribution in [1.82, 2.24) is 10.2 Å². The highest BCUT2D eigenvalue weighted by Crippen LogP contribution is 2.15. The van der Waals surface area contributed by atoms with Gasteiger partial charge in [-0.05, 0) is 24.6 Å². The molecule has 1 aliphatic heterocycles. The van der Waals surface area contributed by atoms with Gasteiger partial charge in [0.2, 0.25) is 5.91 Å². The van der Waals surface area contributed by atoms with Crippen LogP contribution in [0.1, 0.15) is 18.9 Å². The molecule has 3 nitrogen and oxygen atoms in total. The molecule has 0 bridgehead atoms. The number of halogens is 2. The van der Waals surface area contributed by atoms with E-state index in [9.17, 15) is 4.79 Å². The second-order valence-electron chi connectivity index (χ2n) is 4.97. The average molecular weight is 349 g/mol. The second kappa shape index (κ2) is 9.57. The molecule has 118 valence electrons. The molecule has 0 spiro atoms. The SMILES string of the molecule is CCN(Cc1cccc(Cl)c1)C(=O)CC1CSCCN1.Cl. The maximum atomic E-state index is 12.4. The largest absolute Gasteiger partial charge is 0.339 e. The normalized spacial score (nSPS) is 17.9. The lowest BCUT2D eigenvalue weighted by Crippen LogP contribution is -2.42. The van der Waals surface area contributed by atoms with Gasteiger partial charge in [0.1, 0.15) is 0 Å². The predicted molar refractivity (Wildman–Crippen MR) is 93.5 cm³/mol. The Labute approximate surface area is 142 Å². The lowest BCUT2D eigenvalue weighted by atomic mass is 10.1. The standard InChI is InChI=1S/C15H21ClN2OS.ClH/c1-2-18(10-12-4-3-5-13(16)8-12)15(19)9-14-11-20-7-6-17-14;/h3-5,8,14,17H,2,6-7,9-11H2,1H3;1H. The van der Waals surface area contributed by atoms with Crippen molar-refractivity contribution in [2.24, 2.45) is 0 Å². The van der Waals surface area contributed by atoms with Crippen molar-refractivity contribution in [1.29, 1.82) is 0 Å². The number of hydrogen-bond acceptors (Lipinski definition) is 3. The van der Waals surface area contributed by atoms with Crippen molar-refractivity contribution in [2.75, 3.05) is 24.6 Å². The average Bonchev–Trinajstić information content (AvgIpc) is 2.46. The number of nitrogens with one attached hydrogen (secondary N) is 1. The summed E-state index contributed by atoms with van der Waals surface area (Å²) in [5, 5.41) is 4.13. The van der Waals surface area contributed by atoms with Crippen LogP contribution >= 0.6 is 35.8 Å². The zero-order valence-electron chi connectivity index (χ0n) is 12.2. The lowest BCUT2D eigenvalue weighted by molar-refractivity contribution is -0.132. The molecule has 1 unspecified atom stereocenters. The minimum Gasteiger partial charge on any atom is -0.339 e. The van der Waals surface area contributed by atoms with Gasteiger partial charge in [0, 0.05) is 48.6 Å². The molecule has 21 heavy (non-hydrogen) atoms. The van der Waals surface area contributed by atoms with Crippen LogP contribution in [0.3, 0.4) is 0 Å². The first-order valence-electron chi connectivity index (χ1n) is 7.02. The van der Waals surface area contributed by atoms with Crippen LogP contribution < -0.4 is 5.32 Å². The Hall–Kier alpha value is -0.420. The van der Waals surface area contributed by atoms with Crippen LogP contribution in [0.2, 0.25) is 5.02 Å². The minimum absolute atomic E-state index is 0. The first-order valence-corrected chi connectivity index (χ1v) is 8.55. The number of carbonyl (C=O) groups is 1. The number of nitrogens with zero attached hydrogens (tertiary/aromatic N) is 1. The van der Waals surface area contributed by atoms with Crippen molar-refractivity contribution in [2.45, 2.75) is 25.9 Å². The van der Waals surface area contributed by atoms with E-state index in [1.807, 2.05) is 47.9 Å². The number of hydrogen-bond donors (Lipinski definition) is 1. The summed E-state index contributed by atoms with van der Waals surface area (Å²) in [6.07, 6.45) is 0.585. The van der Waals surface area contributed by atoms with Crippen molar-refractivity contribution in [3.8, 4) is 0 Å². The van der Waals surface area contributed by atoms with Gasteiger partial charge in [-0.1, -0.05) is 23.7 Å². The molecule has 1 aromatic rings. The fraction of sp³-hybridized carbons (Fsp3) is 0.533. The van der Waals surface area contributed by atoms with Crippen LogP contribution in [-0.2, 0) is 11.3 Å². The summed E-state index contributed by atoms with van der Waals surface area (Å²) in [4.78, 5) is 14.3. The van der Waals surface area contributed by atoms with Gasteiger partial charge in [0.15, 0.2) is 0 Å².